The number of ether oxygens (including phenoxy) is 1. The normalized spacial score (nSPS) is 12.2. The topological polar surface area (TPSA) is 100 Å². The summed E-state index contributed by atoms with van der Waals surface area (Å²) in [5.74, 6) is -0.155. The molecule has 0 saturated heterocycles. The van der Waals surface area contributed by atoms with E-state index in [1.807, 2.05) is 19.9 Å². The average molecular weight is 344 g/mol. The van der Waals surface area contributed by atoms with Gasteiger partial charge in [0, 0.05) is 13.2 Å². The Hall–Kier alpha value is -2.54. The van der Waals surface area contributed by atoms with Crippen molar-refractivity contribution in [2.75, 3.05) is 6.61 Å². The van der Waals surface area contributed by atoms with Crippen molar-refractivity contribution in [2.24, 2.45) is 18.7 Å². The third kappa shape index (κ3) is 4.73. The number of rotatable bonds is 6. The van der Waals surface area contributed by atoms with Crippen molar-refractivity contribution in [3.63, 3.8) is 0 Å². The van der Waals surface area contributed by atoms with Crippen LogP contribution in [0.15, 0.2) is 29.5 Å². The van der Waals surface area contributed by atoms with Gasteiger partial charge >= 0.3 is 5.97 Å². The number of hydrogen-bond donors (Lipinski definition) is 1. The zero-order chi connectivity index (χ0) is 18.6. The first-order valence-electron chi connectivity index (χ1n) is 8.19. The van der Waals surface area contributed by atoms with Crippen LogP contribution in [0.1, 0.15) is 25.1 Å². The van der Waals surface area contributed by atoms with Crippen LogP contribution in [-0.4, -0.2) is 33.2 Å². The lowest BCUT2D eigenvalue weighted by Crippen LogP contribution is -2.35. The molecule has 2 aromatic rings. The molecule has 0 aliphatic heterocycles. The minimum absolute atomic E-state index is 0.151. The first-order valence-corrected chi connectivity index (χ1v) is 8.19. The molecule has 0 fully saturated rings. The molecule has 0 aliphatic rings. The Morgan fingerprint density at radius 3 is 2.64 bits per heavy atom. The molecular weight excluding hydrogens is 320 g/mol. The summed E-state index contributed by atoms with van der Waals surface area (Å²) in [6.45, 7) is 6.05. The lowest BCUT2D eigenvalue weighted by Gasteiger charge is -2.13. The van der Waals surface area contributed by atoms with Crippen molar-refractivity contribution < 1.29 is 9.53 Å². The molecule has 0 radical (unpaired) electrons. The summed E-state index contributed by atoms with van der Waals surface area (Å²) < 4.78 is 6.55. The van der Waals surface area contributed by atoms with E-state index in [0.29, 0.717) is 30.0 Å². The van der Waals surface area contributed by atoms with E-state index in [1.54, 1.807) is 26.2 Å². The van der Waals surface area contributed by atoms with Crippen LogP contribution in [0.3, 0.4) is 0 Å². The molecule has 0 spiro atoms. The summed E-state index contributed by atoms with van der Waals surface area (Å²) in [5.41, 5.74) is 8.18. The maximum absolute atomic E-state index is 12.3. The van der Waals surface area contributed by atoms with Crippen LogP contribution in [0.4, 0.5) is 0 Å². The molecule has 0 saturated carbocycles. The Labute approximate surface area is 146 Å². The number of nitrogens with two attached hydrogens (primary N) is 1. The Balaban J connectivity index is 2.12. The van der Waals surface area contributed by atoms with Crippen molar-refractivity contribution in [1.82, 2.24) is 14.5 Å². The lowest BCUT2D eigenvalue weighted by molar-refractivity contribution is -0.146. The van der Waals surface area contributed by atoms with Gasteiger partial charge in [-0.2, -0.15) is 0 Å². The van der Waals surface area contributed by atoms with E-state index >= 15 is 0 Å². The summed E-state index contributed by atoms with van der Waals surface area (Å²) in [6, 6.07) is 2.82. The highest BCUT2D eigenvalue weighted by atomic mass is 16.5. The van der Waals surface area contributed by atoms with Crippen LogP contribution in [0.2, 0.25) is 0 Å². The molecule has 2 aromatic heterocycles. The Bertz CT molecular complexity index is 797. The largest absolute Gasteiger partial charge is 0.464 e. The number of hydrogen-bond acceptors (Lipinski definition) is 6. The van der Waals surface area contributed by atoms with Crippen LogP contribution in [0, 0.1) is 12.8 Å². The first kappa shape index (κ1) is 18.8. The van der Waals surface area contributed by atoms with Gasteiger partial charge < -0.3 is 15.0 Å². The Kier molecular flexibility index (Phi) is 6.03. The van der Waals surface area contributed by atoms with Gasteiger partial charge in [-0.15, -0.1) is 0 Å². The van der Waals surface area contributed by atoms with Gasteiger partial charge in [0.2, 0.25) is 0 Å². The molecule has 1 unspecified atom stereocenters. The van der Waals surface area contributed by atoms with E-state index in [9.17, 15) is 9.59 Å². The third-order valence-electron chi connectivity index (χ3n) is 3.72. The molecule has 0 bridgehead atoms. The number of aromatic nitrogens is 3. The fourth-order valence-corrected chi connectivity index (χ4v) is 2.30. The predicted octanol–water partition coefficient (Wildman–Crippen LogP) is 1.22. The second-order valence-corrected chi connectivity index (χ2v) is 6.51. The fraction of sp³-hybridized carbons (Fsp3) is 0.444. The van der Waals surface area contributed by atoms with Crippen molar-refractivity contribution >= 4 is 5.97 Å². The summed E-state index contributed by atoms with van der Waals surface area (Å²) in [7, 11) is 1.65. The van der Waals surface area contributed by atoms with E-state index in [4.69, 9.17) is 10.5 Å². The predicted molar refractivity (Wildman–Crippen MR) is 94.9 cm³/mol. The van der Waals surface area contributed by atoms with Crippen molar-refractivity contribution in [1.29, 1.82) is 0 Å². The Morgan fingerprint density at radius 2 is 2.04 bits per heavy atom. The molecule has 0 aromatic carbocycles. The zero-order valence-electron chi connectivity index (χ0n) is 15.0. The number of carbonyl (C=O) groups excluding carboxylic acids is 1. The van der Waals surface area contributed by atoms with Gasteiger partial charge in [-0.05, 0) is 30.9 Å². The van der Waals surface area contributed by atoms with Crippen molar-refractivity contribution in [3.05, 3.63) is 46.3 Å². The van der Waals surface area contributed by atoms with Gasteiger partial charge in [-0.3, -0.25) is 14.6 Å². The molecule has 0 aliphatic carbocycles. The summed E-state index contributed by atoms with van der Waals surface area (Å²) in [6.07, 6.45) is 3.43. The maximum atomic E-state index is 12.3. The highest BCUT2D eigenvalue weighted by Gasteiger charge is 2.17. The number of aryl methyl sites for hydroxylation is 2. The maximum Gasteiger partial charge on any atom is 0.323 e. The monoisotopic (exact) mass is 344 g/mol. The van der Waals surface area contributed by atoms with Gasteiger partial charge in [-0.25, -0.2) is 4.98 Å². The van der Waals surface area contributed by atoms with Crippen LogP contribution in [0.5, 0.6) is 0 Å². The molecule has 2 rings (SSSR count). The second-order valence-electron chi connectivity index (χ2n) is 6.51. The molecule has 1 atom stereocenters. The van der Waals surface area contributed by atoms with E-state index in [2.05, 4.69) is 9.97 Å². The molecule has 7 heteroatoms. The first-order chi connectivity index (χ1) is 11.8. The zero-order valence-corrected chi connectivity index (χ0v) is 15.0. The van der Waals surface area contributed by atoms with Gasteiger partial charge in [0.15, 0.2) is 0 Å². The smallest absolute Gasteiger partial charge is 0.323 e. The minimum atomic E-state index is -0.737. The fourth-order valence-electron chi connectivity index (χ4n) is 2.30. The number of nitrogens with zero attached hydrogens (tertiary/aromatic N) is 3. The van der Waals surface area contributed by atoms with E-state index in [-0.39, 0.29) is 11.5 Å². The highest BCUT2D eigenvalue weighted by molar-refractivity contribution is 5.75. The van der Waals surface area contributed by atoms with E-state index in [1.165, 1.54) is 10.9 Å². The summed E-state index contributed by atoms with van der Waals surface area (Å²) in [4.78, 5) is 32.6. The highest BCUT2D eigenvalue weighted by Crippen LogP contribution is 2.16. The summed E-state index contributed by atoms with van der Waals surface area (Å²) in [5, 5.41) is 0. The lowest BCUT2D eigenvalue weighted by atomic mass is 10.1. The minimum Gasteiger partial charge on any atom is -0.464 e. The SMILES string of the molecule is Cc1ncn(C)c(=O)c1-c1ccc(CC(N)C(=O)OCC(C)C)cn1. The van der Waals surface area contributed by atoms with Crippen LogP contribution >= 0.6 is 0 Å². The van der Waals surface area contributed by atoms with Crippen molar-refractivity contribution in [2.45, 2.75) is 33.2 Å². The second kappa shape index (κ2) is 8.02. The van der Waals surface area contributed by atoms with Gasteiger partial charge in [-0.1, -0.05) is 19.9 Å². The quantitative estimate of drug-likeness (QED) is 0.791. The Morgan fingerprint density at radius 1 is 1.32 bits per heavy atom. The molecule has 2 heterocycles. The molecule has 25 heavy (non-hydrogen) atoms. The molecule has 2 N–H and O–H groups in total. The summed E-state index contributed by atoms with van der Waals surface area (Å²) >= 11 is 0. The van der Waals surface area contributed by atoms with Crippen molar-refractivity contribution in [3.8, 4) is 11.3 Å². The van der Waals surface area contributed by atoms with Crippen LogP contribution < -0.4 is 11.3 Å². The third-order valence-corrected chi connectivity index (χ3v) is 3.72. The van der Waals surface area contributed by atoms with E-state index < -0.39 is 12.0 Å². The van der Waals surface area contributed by atoms with E-state index in [0.717, 1.165) is 5.56 Å². The standard InChI is InChI=1S/C18H24N4O3/c1-11(2)9-25-18(24)14(19)7-13-5-6-15(20-8-13)16-12(3)21-10-22(4)17(16)23/h5-6,8,10-11,14H,7,9,19H2,1-4H3. The molecule has 0 amide bonds. The van der Waals surface area contributed by atoms with Crippen LogP contribution in [-0.2, 0) is 23.0 Å². The van der Waals surface area contributed by atoms with Gasteiger partial charge in [0.1, 0.15) is 6.04 Å². The molecular formula is C18H24N4O3. The molecule has 134 valence electrons. The number of carbonyl (C=O) groups is 1. The number of esters is 1. The van der Waals surface area contributed by atoms with Gasteiger partial charge in [0.25, 0.3) is 5.56 Å². The number of pyridine rings is 1. The van der Waals surface area contributed by atoms with Crippen LogP contribution in [0.25, 0.3) is 11.3 Å². The molecule has 7 nitrogen and oxygen atoms in total. The van der Waals surface area contributed by atoms with Gasteiger partial charge in [0.05, 0.1) is 29.9 Å². The average Bonchev–Trinajstić information content (AvgIpc) is 2.57.